The Morgan fingerprint density at radius 2 is 1.28 bits per heavy atom. The molecule has 0 fully saturated rings. The van der Waals surface area contributed by atoms with Gasteiger partial charge in [-0.2, -0.15) is 0 Å². The molecule has 0 spiro atoms. The van der Waals surface area contributed by atoms with E-state index < -0.39 is 0 Å². The van der Waals surface area contributed by atoms with Gasteiger partial charge in [-0.25, -0.2) is 0 Å². The highest BCUT2D eigenvalue weighted by Crippen LogP contribution is 2.42. The molecule has 122 valence electrons. The van der Waals surface area contributed by atoms with E-state index in [1.54, 1.807) is 11.3 Å². The molecule has 5 rings (SSSR count). The molecule has 0 radical (unpaired) electrons. The fourth-order valence-electron chi connectivity index (χ4n) is 3.62. The van der Waals surface area contributed by atoms with Crippen molar-refractivity contribution in [3.05, 3.63) is 92.8 Å². The lowest BCUT2D eigenvalue weighted by Crippen LogP contribution is -2.00. The van der Waals surface area contributed by atoms with Crippen molar-refractivity contribution in [1.29, 1.82) is 0 Å². The van der Waals surface area contributed by atoms with Crippen molar-refractivity contribution in [3.8, 4) is 0 Å². The first-order valence-corrected chi connectivity index (χ1v) is 9.79. The monoisotopic (exact) mass is 406 g/mol. The average Bonchev–Trinajstić information content (AvgIpc) is 3.36. The summed E-state index contributed by atoms with van der Waals surface area (Å²) in [6, 6.07) is 21.4. The first-order valence-electron chi connectivity index (χ1n) is 8.18. The van der Waals surface area contributed by atoms with Gasteiger partial charge in [0, 0.05) is 45.0 Å². The van der Waals surface area contributed by atoms with Crippen LogP contribution < -0.4 is 0 Å². The van der Waals surface area contributed by atoms with Gasteiger partial charge in [0.15, 0.2) is 0 Å². The number of hydrogen-bond donors (Lipinski definition) is 2. The van der Waals surface area contributed by atoms with Gasteiger partial charge in [-0.15, -0.1) is 11.3 Å². The Morgan fingerprint density at radius 3 is 1.80 bits per heavy atom. The highest BCUT2D eigenvalue weighted by Gasteiger charge is 2.24. The number of fused-ring (bicyclic) bond motifs is 2. The van der Waals surface area contributed by atoms with Crippen LogP contribution in [0, 0.1) is 0 Å². The molecule has 0 atom stereocenters. The summed E-state index contributed by atoms with van der Waals surface area (Å²) >= 11 is 5.43. The number of H-pyrrole nitrogens is 2. The molecule has 5 aromatic rings. The van der Waals surface area contributed by atoms with Gasteiger partial charge in [0.05, 0.1) is 3.79 Å². The Balaban J connectivity index is 1.80. The average molecular weight is 407 g/mol. The van der Waals surface area contributed by atoms with E-state index in [2.05, 4.69) is 99.0 Å². The van der Waals surface area contributed by atoms with Gasteiger partial charge < -0.3 is 9.97 Å². The maximum atomic E-state index is 3.63. The molecular weight excluding hydrogens is 392 g/mol. The molecule has 0 unspecified atom stereocenters. The van der Waals surface area contributed by atoms with Crippen LogP contribution in [0.15, 0.2) is 76.8 Å². The second kappa shape index (κ2) is 5.90. The topological polar surface area (TPSA) is 31.6 Å². The molecule has 4 heteroatoms. The summed E-state index contributed by atoms with van der Waals surface area (Å²) < 4.78 is 1.16. The minimum atomic E-state index is 0.198. The van der Waals surface area contributed by atoms with Crippen molar-refractivity contribution in [2.45, 2.75) is 5.92 Å². The third-order valence-electron chi connectivity index (χ3n) is 4.74. The molecular formula is C21H15BrN2S. The maximum absolute atomic E-state index is 3.63. The minimum Gasteiger partial charge on any atom is -0.361 e. The van der Waals surface area contributed by atoms with Crippen molar-refractivity contribution >= 4 is 49.1 Å². The third kappa shape index (κ3) is 2.44. The van der Waals surface area contributed by atoms with Crippen LogP contribution in [0.25, 0.3) is 21.8 Å². The smallest absolute Gasteiger partial charge is 0.0701 e. The molecule has 0 saturated heterocycles. The summed E-state index contributed by atoms with van der Waals surface area (Å²) in [5.74, 6) is 0.198. The molecule has 0 bridgehead atoms. The number of nitrogens with one attached hydrogen (secondary N) is 2. The van der Waals surface area contributed by atoms with Crippen molar-refractivity contribution in [2.75, 3.05) is 0 Å². The zero-order chi connectivity index (χ0) is 16.8. The fraction of sp³-hybridized carbons (Fsp3) is 0.0476. The number of aromatic nitrogens is 2. The van der Waals surface area contributed by atoms with Gasteiger partial charge in [-0.3, -0.25) is 0 Å². The van der Waals surface area contributed by atoms with Crippen molar-refractivity contribution in [1.82, 2.24) is 9.97 Å². The maximum Gasteiger partial charge on any atom is 0.0701 e. The molecule has 0 aliphatic carbocycles. The molecule has 0 amide bonds. The minimum absolute atomic E-state index is 0.198. The second-order valence-electron chi connectivity index (χ2n) is 6.15. The van der Waals surface area contributed by atoms with Crippen LogP contribution in [-0.2, 0) is 0 Å². The Morgan fingerprint density at radius 1 is 0.720 bits per heavy atom. The van der Waals surface area contributed by atoms with E-state index in [4.69, 9.17) is 0 Å². The molecule has 0 aliphatic rings. The largest absolute Gasteiger partial charge is 0.361 e. The van der Waals surface area contributed by atoms with Gasteiger partial charge >= 0.3 is 0 Å². The van der Waals surface area contributed by atoms with Crippen molar-refractivity contribution in [2.24, 2.45) is 0 Å². The van der Waals surface area contributed by atoms with Crippen molar-refractivity contribution in [3.63, 3.8) is 0 Å². The van der Waals surface area contributed by atoms with Gasteiger partial charge in [-0.1, -0.05) is 36.4 Å². The summed E-state index contributed by atoms with van der Waals surface area (Å²) in [4.78, 5) is 8.21. The Labute approximate surface area is 157 Å². The Bertz CT molecular complexity index is 1110. The first kappa shape index (κ1) is 15.0. The number of aromatic amines is 2. The van der Waals surface area contributed by atoms with Gasteiger partial charge in [0.25, 0.3) is 0 Å². The number of thiophene rings is 1. The van der Waals surface area contributed by atoms with Gasteiger partial charge in [0.1, 0.15) is 0 Å². The zero-order valence-corrected chi connectivity index (χ0v) is 15.7. The summed E-state index contributed by atoms with van der Waals surface area (Å²) in [5.41, 5.74) is 4.99. The van der Waals surface area contributed by atoms with Crippen LogP contribution in [0.3, 0.4) is 0 Å². The van der Waals surface area contributed by atoms with E-state index in [1.807, 2.05) is 0 Å². The van der Waals surface area contributed by atoms with E-state index in [1.165, 1.54) is 37.8 Å². The fourth-order valence-corrected chi connectivity index (χ4v) is 5.19. The molecule has 2 aromatic carbocycles. The van der Waals surface area contributed by atoms with E-state index in [0.717, 1.165) is 3.79 Å². The number of rotatable bonds is 3. The van der Waals surface area contributed by atoms with E-state index in [9.17, 15) is 0 Å². The van der Waals surface area contributed by atoms with Crippen LogP contribution in [0.1, 0.15) is 21.9 Å². The van der Waals surface area contributed by atoms with Gasteiger partial charge in [-0.05, 0) is 51.3 Å². The summed E-state index contributed by atoms with van der Waals surface area (Å²) in [6.45, 7) is 0. The lowest BCUT2D eigenvalue weighted by Gasteiger charge is -2.15. The molecule has 2 N–H and O–H groups in total. The van der Waals surface area contributed by atoms with Crippen LogP contribution >= 0.6 is 27.3 Å². The van der Waals surface area contributed by atoms with Crippen LogP contribution in [0.2, 0.25) is 0 Å². The summed E-state index contributed by atoms with van der Waals surface area (Å²) in [6.07, 6.45) is 4.31. The number of halogens is 1. The molecule has 0 saturated carbocycles. The standard InChI is InChI=1S/C21H15BrN2S/c22-20-10-9-19(25-20)21(15-11-23-17-7-3-1-5-13(15)17)16-12-24-18-8-4-2-6-14(16)18/h1-12,21,23-24H. The van der Waals surface area contributed by atoms with Gasteiger partial charge in [0.2, 0.25) is 0 Å². The number of hydrogen-bond acceptors (Lipinski definition) is 1. The highest BCUT2D eigenvalue weighted by atomic mass is 79.9. The normalized spacial score (nSPS) is 11.8. The highest BCUT2D eigenvalue weighted by molar-refractivity contribution is 9.11. The Hall–Kier alpha value is -2.30. The molecule has 0 aliphatic heterocycles. The number of benzene rings is 2. The predicted molar refractivity (Wildman–Crippen MR) is 110 cm³/mol. The summed E-state index contributed by atoms with van der Waals surface area (Å²) in [5, 5.41) is 2.56. The third-order valence-corrected chi connectivity index (χ3v) is 6.43. The van der Waals surface area contributed by atoms with E-state index in [-0.39, 0.29) is 5.92 Å². The molecule has 25 heavy (non-hydrogen) atoms. The Kier molecular flexibility index (Phi) is 3.54. The van der Waals surface area contributed by atoms with Crippen molar-refractivity contribution < 1.29 is 0 Å². The predicted octanol–water partition coefficient (Wildman–Crippen LogP) is 6.65. The number of para-hydroxylation sites is 2. The summed E-state index contributed by atoms with van der Waals surface area (Å²) in [7, 11) is 0. The first-order chi connectivity index (χ1) is 12.3. The molecule has 3 aromatic heterocycles. The molecule has 3 heterocycles. The quantitative estimate of drug-likeness (QED) is 0.335. The SMILES string of the molecule is Brc1ccc(C(c2c[nH]c3ccccc23)c2c[nH]c3ccccc23)s1. The van der Waals surface area contributed by atoms with E-state index in [0.29, 0.717) is 0 Å². The molecule has 2 nitrogen and oxygen atoms in total. The lowest BCUT2D eigenvalue weighted by molar-refractivity contribution is 1.03. The lowest BCUT2D eigenvalue weighted by atomic mass is 9.89. The van der Waals surface area contributed by atoms with E-state index >= 15 is 0 Å². The second-order valence-corrected chi connectivity index (χ2v) is 8.65. The van der Waals surface area contributed by atoms with Crippen LogP contribution in [-0.4, -0.2) is 9.97 Å². The van der Waals surface area contributed by atoms with Crippen LogP contribution in [0.5, 0.6) is 0 Å². The zero-order valence-electron chi connectivity index (χ0n) is 13.3. The van der Waals surface area contributed by atoms with Crippen LogP contribution in [0.4, 0.5) is 0 Å².